The van der Waals surface area contributed by atoms with E-state index in [2.05, 4.69) is 27.3 Å². The first-order valence-corrected chi connectivity index (χ1v) is 12.2. The predicted molar refractivity (Wildman–Crippen MR) is 119 cm³/mol. The average Bonchev–Trinajstić information content (AvgIpc) is 2.72. The number of ether oxygens (including phenoxy) is 1. The monoisotopic (exact) mass is 421 g/mol. The van der Waals surface area contributed by atoms with Crippen LogP contribution in [0.1, 0.15) is 51.5 Å². The molecule has 6 nitrogen and oxygen atoms in total. The molecule has 1 aromatic rings. The third-order valence-corrected chi connectivity index (χ3v) is 9.19. The summed E-state index contributed by atoms with van der Waals surface area (Å²) in [5, 5.41) is 3.59. The maximum Gasteiger partial charge on any atom is 0.193 e. The van der Waals surface area contributed by atoms with E-state index in [1.54, 1.807) is 14.2 Å². The van der Waals surface area contributed by atoms with Crippen LogP contribution in [0, 0.1) is 0 Å². The summed E-state index contributed by atoms with van der Waals surface area (Å²) in [6, 6.07) is 8.45. The number of benzene rings is 1. The van der Waals surface area contributed by atoms with Gasteiger partial charge in [-0.15, -0.1) is 0 Å². The lowest BCUT2D eigenvalue weighted by Crippen LogP contribution is -2.58. The van der Waals surface area contributed by atoms with Gasteiger partial charge in [-0.05, 0) is 44.4 Å². The highest BCUT2D eigenvalue weighted by atomic mass is 32.2. The topological polar surface area (TPSA) is 71.0 Å². The van der Waals surface area contributed by atoms with Crippen molar-refractivity contribution in [3.8, 4) is 5.75 Å². The van der Waals surface area contributed by atoms with Crippen molar-refractivity contribution in [2.24, 2.45) is 4.99 Å². The van der Waals surface area contributed by atoms with Crippen LogP contribution in [0.15, 0.2) is 29.3 Å². The van der Waals surface area contributed by atoms with Gasteiger partial charge in [0.25, 0.3) is 0 Å². The standard InChI is InChI=1S/C22H35N3O3S/c1-21(2)17-25(14-15-29(21,26)27)20(23-3)24-16-22(12-6-5-7-13-22)18-8-10-19(28-4)11-9-18/h8-11H,5-7,12-17H2,1-4H3,(H,23,24). The Hall–Kier alpha value is -1.76. The lowest BCUT2D eigenvalue weighted by Gasteiger charge is -2.42. The molecule has 1 aliphatic heterocycles. The van der Waals surface area contributed by atoms with E-state index in [1.807, 2.05) is 26.0 Å². The molecule has 0 unspecified atom stereocenters. The van der Waals surface area contributed by atoms with Crippen LogP contribution in [0.25, 0.3) is 0 Å². The second kappa shape index (κ2) is 8.54. The van der Waals surface area contributed by atoms with Crippen molar-refractivity contribution >= 4 is 15.8 Å². The van der Waals surface area contributed by atoms with Crippen molar-refractivity contribution in [2.45, 2.75) is 56.1 Å². The number of methoxy groups -OCH3 is 1. The Morgan fingerprint density at radius 2 is 1.83 bits per heavy atom. The van der Waals surface area contributed by atoms with Crippen molar-refractivity contribution < 1.29 is 13.2 Å². The van der Waals surface area contributed by atoms with Crippen LogP contribution < -0.4 is 10.1 Å². The number of guanidine groups is 1. The first-order chi connectivity index (χ1) is 13.7. The van der Waals surface area contributed by atoms with Crippen molar-refractivity contribution in [3.63, 3.8) is 0 Å². The van der Waals surface area contributed by atoms with Crippen LogP contribution in [0.3, 0.4) is 0 Å². The Balaban J connectivity index is 1.76. The Labute approximate surface area is 175 Å². The molecule has 1 N–H and O–H groups in total. The summed E-state index contributed by atoms with van der Waals surface area (Å²) in [5.74, 6) is 1.84. The molecule has 1 aromatic carbocycles. The van der Waals surface area contributed by atoms with Gasteiger partial charge in [0.1, 0.15) is 5.75 Å². The molecule has 0 aromatic heterocycles. The van der Waals surface area contributed by atoms with Crippen LogP contribution in [0.2, 0.25) is 0 Å². The second-order valence-corrected chi connectivity index (χ2v) is 11.7. The maximum absolute atomic E-state index is 12.4. The van der Waals surface area contributed by atoms with Crippen molar-refractivity contribution in [1.29, 1.82) is 0 Å². The lowest BCUT2D eigenvalue weighted by molar-refractivity contribution is 0.283. The molecule has 1 aliphatic carbocycles. The molecule has 0 bridgehead atoms. The maximum atomic E-state index is 12.4. The minimum absolute atomic E-state index is 0.0673. The summed E-state index contributed by atoms with van der Waals surface area (Å²) in [4.78, 5) is 6.57. The number of sulfone groups is 1. The van der Waals surface area contributed by atoms with Gasteiger partial charge in [0.05, 0.1) is 17.6 Å². The van der Waals surface area contributed by atoms with Gasteiger partial charge in [-0.1, -0.05) is 31.4 Å². The molecule has 2 fully saturated rings. The Bertz CT molecular complexity index is 825. The first-order valence-electron chi connectivity index (χ1n) is 10.6. The van der Waals surface area contributed by atoms with Crippen LogP contribution in [-0.4, -0.2) is 63.6 Å². The fraction of sp³-hybridized carbons (Fsp3) is 0.682. The van der Waals surface area contributed by atoms with Gasteiger partial charge in [0.2, 0.25) is 0 Å². The highest BCUT2D eigenvalue weighted by Crippen LogP contribution is 2.39. The fourth-order valence-corrected chi connectivity index (χ4v) is 6.01. The van der Waals surface area contributed by atoms with E-state index in [9.17, 15) is 8.42 Å². The summed E-state index contributed by atoms with van der Waals surface area (Å²) in [5.41, 5.74) is 1.40. The Kier molecular flexibility index (Phi) is 6.46. The van der Waals surface area contributed by atoms with Crippen LogP contribution >= 0.6 is 0 Å². The smallest absolute Gasteiger partial charge is 0.193 e. The molecule has 0 atom stereocenters. The molecule has 162 valence electrons. The molecule has 2 aliphatic rings. The number of nitrogens with one attached hydrogen (secondary N) is 1. The van der Waals surface area contributed by atoms with Crippen molar-refractivity contribution in [3.05, 3.63) is 29.8 Å². The van der Waals surface area contributed by atoms with E-state index in [-0.39, 0.29) is 11.2 Å². The number of nitrogens with zero attached hydrogens (tertiary/aromatic N) is 2. The average molecular weight is 422 g/mol. The zero-order chi connectivity index (χ0) is 21.1. The molecule has 7 heteroatoms. The molecule has 1 saturated carbocycles. The normalized spacial score (nSPS) is 23.4. The van der Waals surface area contributed by atoms with Gasteiger partial charge in [-0.25, -0.2) is 8.42 Å². The highest BCUT2D eigenvalue weighted by molar-refractivity contribution is 7.92. The van der Waals surface area contributed by atoms with Crippen LogP contribution in [0.5, 0.6) is 5.75 Å². The zero-order valence-electron chi connectivity index (χ0n) is 18.2. The lowest BCUT2D eigenvalue weighted by atomic mass is 9.69. The van der Waals surface area contributed by atoms with E-state index in [0.29, 0.717) is 13.1 Å². The van der Waals surface area contributed by atoms with E-state index in [4.69, 9.17) is 4.74 Å². The Morgan fingerprint density at radius 1 is 1.17 bits per heavy atom. The molecule has 0 amide bonds. The number of hydrogen-bond donors (Lipinski definition) is 1. The Morgan fingerprint density at radius 3 is 2.38 bits per heavy atom. The number of rotatable bonds is 4. The van der Waals surface area contributed by atoms with Gasteiger partial charge >= 0.3 is 0 Å². The van der Waals surface area contributed by atoms with Gasteiger partial charge in [-0.3, -0.25) is 4.99 Å². The fourth-order valence-electron chi connectivity index (χ4n) is 4.65. The SMILES string of the molecule is CN=C(NCC1(c2ccc(OC)cc2)CCCCC1)N1CCS(=O)(=O)C(C)(C)C1. The largest absolute Gasteiger partial charge is 0.497 e. The number of aliphatic imine (C=N–C) groups is 1. The summed E-state index contributed by atoms with van der Waals surface area (Å²) >= 11 is 0. The van der Waals surface area contributed by atoms with Gasteiger partial charge < -0.3 is 15.0 Å². The van der Waals surface area contributed by atoms with Crippen LogP contribution in [-0.2, 0) is 15.3 Å². The van der Waals surface area contributed by atoms with Gasteiger partial charge in [-0.2, -0.15) is 0 Å². The predicted octanol–water partition coefficient (Wildman–Crippen LogP) is 2.98. The molecular formula is C22H35N3O3S. The van der Waals surface area contributed by atoms with E-state index >= 15 is 0 Å². The zero-order valence-corrected chi connectivity index (χ0v) is 19.0. The molecule has 0 radical (unpaired) electrons. The summed E-state index contributed by atoms with van der Waals surface area (Å²) < 4.78 is 29.3. The molecule has 1 heterocycles. The summed E-state index contributed by atoms with van der Waals surface area (Å²) in [6.45, 7) is 5.37. The third-order valence-electron chi connectivity index (χ3n) is 6.65. The van der Waals surface area contributed by atoms with Gasteiger partial charge in [0.15, 0.2) is 15.8 Å². The summed E-state index contributed by atoms with van der Waals surface area (Å²) in [7, 11) is 0.400. The van der Waals surface area contributed by atoms with Crippen molar-refractivity contribution in [1.82, 2.24) is 10.2 Å². The quantitative estimate of drug-likeness (QED) is 0.598. The van der Waals surface area contributed by atoms with E-state index in [1.165, 1.54) is 24.8 Å². The minimum Gasteiger partial charge on any atom is -0.497 e. The van der Waals surface area contributed by atoms with Crippen molar-refractivity contribution in [2.75, 3.05) is 39.5 Å². The summed E-state index contributed by atoms with van der Waals surface area (Å²) in [6.07, 6.45) is 6.01. The molecule has 0 spiro atoms. The molecule has 29 heavy (non-hydrogen) atoms. The van der Waals surface area contributed by atoms with E-state index in [0.717, 1.165) is 31.1 Å². The first kappa shape index (κ1) is 21.9. The van der Waals surface area contributed by atoms with Gasteiger partial charge in [0, 0.05) is 32.1 Å². The van der Waals surface area contributed by atoms with E-state index < -0.39 is 14.6 Å². The van der Waals surface area contributed by atoms with Crippen LogP contribution in [0.4, 0.5) is 0 Å². The number of hydrogen-bond acceptors (Lipinski definition) is 4. The molecular weight excluding hydrogens is 386 g/mol. The third kappa shape index (κ3) is 4.55. The molecule has 3 rings (SSSR count). The minimum atomic E-state index is -3.07. The highest BCUT2D eigenvalue weighted by Gasteiger charge is 2.41. The second-order valence-electron chi connectivity index (χ2n) is 8.97. The molecule has 1 saturated heterocycles.